The Morgan fingerprint density at radius 3 is 2.76 bits per heavy atom. The van der Waals surface area contributed by atoms with Gasteiger partial charge < -0.3 is 9.47 Å². The summed E-state index contributed by atoms with van der Waals surface area (Å²) in [6, 6.07) is 9.47. The summed E-state index contributed by atoms with van der Waals surface area (Å²) in [5.74, 6) is -1.19. The molecule has 4 rings (SSSR count). The number of barbiturate groups is 1. The van der Waals surface area contributed by atoms with Crippen LogP contribution in [0.5, 0.6) is 11.5 Å². The van der Waals surface area contributed by atoms with E-state index in [1.54, 1.807) is 18.2 Å². The fraction of sp³-hybridized carbons (Fsp3) is 0.200. The molecule has 0 spiro atoms. The van der Waals surface area contributed by atoms with E-state index in [0.717, 1.165) is 16.0 Å². The van der Waals surface area contributed by atoms with Crippen molar-refractivity contribution in [2.45, 2.75) is 13.5 Å². The van der Waals surface area contributed by atoms with Crippen LogP contribution in [0.25, 0.3) is 0 Å². The van der Waals surface area contributed by atoms with Crippen molar-refractivity contribution in [1.82, 2.24) is 5.32 Å². The molecule has 0 bridgehead atoms. The standard InChI is InChI=1S/C20H16ClN3O5/c1-11-2-4-13(7-15(11)21)24-19(26)14(18(25)23-20(24)27)9-22-8-12-3-5-16-17(6-12)29-10-28-16/h2-7,9,14H,8,10H2,1H3,(H,23,25,27)/p+1. The fourth-order valence-corrected chi connectivity index (χ4v) is 3.22. The molecule has 2 aromatic rings. The van der Waals surface area contributed by atoms with Gasteiger partial charge in [0.1, 0.15) is 0 Å². The number of urea groups is 1. The first-order valence-corrected chi connectivity index (χ1v) is 9.22. The zero-order chi connectivity index (χ0) is 20.5. The van der Waals surface area contributed by atoms with Crippen LogP contribution in [-0.4, -0.2) is 30.9 Å². The van der Waals surface area contributed by atoms with Gasteiger partial charge in [0, 0.05) is 10.6 Å². The van der Waals surface area contributed by atoms with Gasteiger partial charge in [-0.1, -0.05) is 17.7 Å². The molecule has 1 atom stereocenters. The van der Waals surface area contributed by atoms with Crippen LogP contribution in [0.2, 0.25) is 5.02 Å². The van der Waals surface area contributed by atoms with Crippen LogP contribution in [0, 0.1) is 12.8 Å². The molecule has 4 amide bonds. The lowest BCUT2D eigenvalue weighted by molar-refractivity contribution is -0.471. The Balaban J connectivity index is 1.52. The third kappa shape index (κ3) is 3.66. The van der Waals surface area contributed by atoms with Crippen LogP contribution in [-0.2, 0) is 16.1 Å². The monoisotopic (exact) mass is 414 g/mol. The molecule has 0 aromatic heterocycles. The van der Waals surface area contributed by atoms with E-state index in [1.165, 1.54) is 12.3 Å². The first-order valence-electron chi connectivity index (χ1n) is 8.84. The maximum absolute atomic E-state index is 12.8. The normalized spacial score (nSPS) is 18.5. The van der Waals surface area contributed by atoms with Crippen molar-refractivity contribution < 1.29 is 28.8 Å². The van der Waals surface area contributed by atoms with Gasteiger partial charge in [0.2, 0.25) is 6.79 Å². The van der Waals surface area contributed by atoms with Crippen molar-refractivity contribution in [2.75, 3.05) is 11.7 Å². The van der Waals surface area contributed by atoms with Gasteiger partial charge in [-0.25, -0.2) is 14.7 Å². The van der Waals surface area contributed by atoms with Gasteiger partial charge in [-0.3, -0.25) is 14.9 Å². The van der Waals surface area contributed by atoms with Crippen molar-refractivity contribution in [3.8, 4) is 11.5 Å². The predicted molar refractivity (Wildman–Crippen MR) is 104 cm³/mol. The molecule has 1 saturated heterocycles. The lowest BCUT2D eigenvalue weighted by Gasteiger charge is -2.27. The van der Waals surface area contributed by atoms with Crippen molar-refractivity contribution in [3.63, 3.8) is 0 Å². The Bertz CT molecular complexity index is 1050. The summed E-state index contributed by atoms with van der Waals surface area (Å²) in [4.78, 5) is 41.1. The smallest absolute Gasteiger partial charge is 0.335 e. The number of anilines is 1. The number of ether oxygens (including phenoxy) is 2. The summed E-state index contributed by atoms with van der Waals surface area (Å²) in [5, 5.41) is 2.62. The van der Waals surface area contributed by atoms with E-state index >= 15 is 0 Å². The number of nitrogens with zero attached hydrogens (tertiary/aromatic N) is 1. The predicted octanol–water partition coefficient (Wildman–Crippen LogP) is 0.928. The molecule has 2 aromatic carbocycles. The highest BCUT2D eigenvalue weighted by atomic mass is 35.5. The second-order valence-corrected chi connectivity index (χ2v) is 7.02. The molecule has 2 aliphatic heterocycles. The third-order valence-corrected chi connectivity index (χ3v) is 5.05. The van der Waals surface area contributed by atoms with Gasteiger partial charge in [0.25, 0.3) is 11.8 Å². The Morgan fingerprint density at radius 2 is 1.97 bits per heavy atom. The molecule has 2 aliphatic rings. The number of aryl methyl sites for hydroxylation is 1. The number of hydrogen-bond donors (Lipinski definition) is 2. The molecule has 8 nitrogen and oxygen atoms in total. The number of nitrogens with one attached hydrogen (secondary N) is 2. The van der Waals surface area contributed by atoms with Crippen LogP contribution >= 0.6 is 11.6 Å². The highest BCUT2D eigenvalue weighted by molar-refractivity contribution is 6.34. The Morgan fingerprint density at radius 1 is 1.17 bits per heavy atom. The molecule has 0 saturated carbocycles. The number of hydrogen-bond acceptors (Lipinski definition) is 5. The summed E-state index contributed by atoms with van der Waals surface area (Å²) < 4.78 is 10.6. The summed E-state index contributed by atoms with van der Waals surface area (Å²) in [6.45, 7) is 2.35. The van der Waals surface area contributed by atoms with Crippen molar-refractivity contribution in [3.05, 3.63) is 52.5 Å². The van der Waals surface area contributed by atoms with Crippen LogP contribution < -0.4 is 24.7 Å². The Labute approximate surface area is 171 Å². The number of amides is 4. The van der Waals surface area contributed by atoms with Crippen molar-refractivity contribution >= 4 is 41.3 Å². The van der Waals surface area contributed by atoms with Crippen LogP contribution in [0.4, 0.5) is 10.5 Å². The first kappa shape index (κ1) is 18.9. The number of benzene rings is 2. The molecule has 1 unspecified atom stereocenters. The number of imide groups is 2. The number of carbonyl (C=O) groups excluding carboxylic acids is 3. The average Bonchev–Trinajstić information content (AvgIpc) is 3.15. The minimum absolute atomic E-state index is 0.183. The highest BCUT2D eigenvalue weighted by Gasteiger charge is 2.42. The number of rotatable bonds is 4. The zero-order valence-corrected chi connectivity index (χ0v) is 16.2. The summed E-state index contributed by atoms with van der Waals surface area (Å²) in [5.41, 5.74) is 1.99. The molecular weight excluding hydrogens is 398 g/mol. The van der Waals surface area contributed by atoms with Crippen molar-refractivity contribution in [1.29, 1.82) is 0 Å². The maximum atomic E-state index is 12.8. The largest absolute Gasteiger partial charge is 0.454 e. The Hall–Kier alpha value is -3.39. The lowest BCUT2D eigenvalue weighted by atomic mass is 10.1. The van der Waals surface area contributed by atoms with E-state index < -0.39 is 23.8 Å². The second kappa shape index (κ2) is 7.56. The van der Waals surface area contributed by atoms with Crippen LogP contribution in [0.3, 0.4) is 0 Å². The van der Waals surface area contributed by atoms with Gasteiger partial charge in [-0.05, 0) is 42.8 Å². The maximum Gasteiger partial charge on any atom is 0.335 e. The highest BCUT2D eigenvalue weighted by Crippen LogP contribution is 2.32. The van der Waals surface area contributed by atoms with Crippen molar-refractivity contribution in [2.24, 2.45) is 5.92 Å². The van der Waals surface area contributed by atoms with E-state index in [-0.39, 0.29) is 6.79 Å². The number of carbonyl (C=O) groups is 3. The fourth-order valence-electron chi connectivity index (χ4n) is 3.05. The van der Waals surface area contributed by atoms with Gasteiger partial charge in [0.05, 0.1) is 5.69 Å². The number of halogens is 1. The van der Waals surface area contributed by atoms with Gasteiger partial charge >= 0.3 is 6.03 Å². The number of fused-ring (bicyclic) bond motifs is 1. The molecule has 9 heteroatoms. The molecule has 29 heavy (non-hydrogen) atoms. The van der Waals surface area contributed by atoms with Crippen LogP contribution in [0.15, 0.2) is 36.4 Å². The third-order valence-electron chi connectivity index (χ3n) is 4.64. The molecule has 148 valence electrons. The van der Waals surface area contributed by atoms with Gasteiger partial charge in [-0.2, -0.15) is 0 Å². The molecule has 0 aliphatic carbocycles. The molecular formula is C20H17ClN3O5+. The first-order chi connectivity index (χ1) is 13.9. The van der Waals surface area contributed by atoms with E-state index in [2.05, 4.69) is 10.3 Å². The molecule has 2 heterocycles. The summed E-state index contributed by atoms with van der Waals surface area (Å²) >= 11 is 6.11. The SMILES string of the molecule is Cc1ccc(N2C(=O)NC(=O)C(C=[NH+]Cc3ccc4c(c3)OCO4)C2=O)cc1Cl. The average molecular weight is 415 g/mol. The van der Waals surface area contributed by atoms with Gasteiger partial charge in [0.15, 0.2) is 30.2 Å². The molecule has 2 N–H and O–H groups in total. The quantitative estimate of drug-likeness (QED) is 0.572. The van der Waals surface area contributed by atoms with E-state index in [0.29, 0.717) is 28.8 Å². The zero-order valence-electron chi connectivity index (χ0n) is 15.4. The lowest BCUT2D eigenvalue weighted by Crippen LogP contribution is -2.71. The molecule has 1 fully saturated rings. The molecule has 0 radical (unpaired) electrons. The topological polar surface area (TPSA) is 98.9 Å². The van der Waals surface area contributed by atoms with Crippen LogP contribution in [0.1, 0.15) is 11.1 Å². The Kier molecular flexibility index (Phi) is 4.94. The summed E-state index contributed by atoms with van der Waals surface area (Å²) in [6.07, 6.45) is 1.37. The minimum atomic E-state index is -1.17. The van der Waals surface area contributed by atoms with E-state index in [1.807, 2.05) is 19.1 Å². The van der Waals surface area contributed by atoms with E-state index in [9.17, 15) is 14.4 Å². The van der Waals surface area contributed by atoms with E-state index in [4.69, 9.17) is 21.1 Å². The minimum Gasteiger partial charge on any atom is -0.454 e. The second-order valence-electron chi connectivity index (χ2n) is 6.61. The van der Waals surface area contributed by atoms with Gasteiger partial charge in [-0.15, -0.1) is 0 Å². The summed E-state index contributed by atoms with van der Waals surface area (Å²) in [7, 11) is 0.